The topological polar surface area (TPSA) is 21.6 Å². The van der Waals surface area contributed by atoms with Gasteiger partial charge in [0, 0.05) is 5.56 Å². The predicted octanol–water partition coefficient (Wildman–Crippen LogP) is 3.51. The molecule has 0 radical (unpaired) electrons. The zero-order chi connectivity index (χ0) is 12.4. The fourth-order valence-corrected chi connectivity index (χ4v) is 2.07. The minimum Gasteiger partial charge on any atom is -0.467 e. The highest BCUT2D eigenvalue weighted by molar-refractivity contribution is 5.95. The van der Waals surface area contributed by atoms with Crippen LogP contribution in [-0.2, 0) is 4.74 Å². The van der Waals surface area contributed by atoms with Gasteiger partial charge in [0.05, 0.1) is 6.54 Å². The zero-order valence-corrected chi connectivity index (χ0v) is 10.3. The number of nitrogens with zero attached hydrogens (tertiary/aromatic N) is 1. The van der Waals surface area contributed by atoms with E-state index < -0.39 is 0 Å². The Balaban J connectivity index is 1.77. The first-order chi connectivity index (χ1) is 8.83. The molecule has 1 atom stereocenters. The molecule has 2 aromatic rings. The summed E-state index contributed by atoms with van der Waals surface area (Å²) in [4.78, 5) is 4.49. The number of hydrogen-bond donors (Lipinski definition) is 0. The third-order valence-corrected chi connectivity index (χ3v) is 3.12. The van der Waals surface area contributed by atoms with Crippen LogP contribution in [0.3, 0.4) is 0 Å². The first kappa shape index (κ1) is 11.0. The molecule has 0 saturated heterocycles. The molecule has 0 bridgehead atoms. The first-order valence-electron chi connectivity index (χ1n) is 6.16. The number of rotatable bonds is 2. The molecule has 2 aromatic carbocycles. The van der Waals surface area contributed by atoms with Gasteiger partial charge in [-0.15, -0.1) is 0 Å². The molecule has 0 spiro atoms. The lowest BCUT2D eigenvalue weighted by atomic mass is 10.1. The van der Waals surface area contributed by atoms with Crippen molar-refractivity contribution in [2.75, 3.05) is 6.54 Å². The van der Waals surface area contributed by atoms with Crippen molar-refractivity contribution < 1.29 is 4.74 Å². The molecule has 18 heavy (non-hydrogen) atoms. The molecule has 0 N–H and O–H groups in total. The Morgan fingerprint density at radius 2 is 1.72 bits per heavy atom. The van der Waals surface area contributed by atoms with Gasteiger partial charge in [-0.25, -0.2) is 4.99 Å². The van der Waals surface area contributed by atoms with E-state index in [1.165, 1.54) is 11.1 Å². The summed E-state index contributed by atoms with van der Waals surface area (Å²) in [5.41, 5.74) is 3.49. The largest absolute Gasteiger partial charge is 0.467 e. The predicted molar refractivity (Wildman–Crippen MR) is 72.9 cm³/mol. The fourth-order valence-electron chi connectivity index (χ4n) is 2.07. The average Bonchev–Trinajstić information content (AvgIpc) is 2.90. The van der Waals surface area contributed by atoms with Crippen molar-refractivity contribution in [1.29, 1.82) is 0 Å². The van der Waals surface area contributed by atoms with Crippen LogP contribution < -0.4 is 0 Å². The fraction of sp³-hybridized carbons (Fsp3) is 0.188. The van der Waals surface area contributed by atoms with Gasteiger partial charge in [-0.2, -0.15) is 0 Å². The van der Waals surface area contributed by atoms with E-state index in [4.69, 9.17) is 4.74 Å². The molecule has 1 unspecified atom stereocenters. The molecular formula is C16H15NO. The molecule has 2 heteroatoms. The molecule has 0 aromatic heterocycles. The normalized spacial score (nSPS) is 18.3. The third-order valence-electron chi connectivity index (χ3n) is 3.12. The lowest BCUT2D eigenvalue weighted by Crippen LogP contribution is -2.06. The summed E-state index contributed by atoms with van der Waals surface area (Å²) < 4.78 is 5.92. The molecule has 0 fully saturated rings. The number of aliphatic imine (C=N–C) groups is 1. The Kier molecular flexibility index (Phi) is 2.85. The van der Waals surface area contributed by atoms with Gasteiger partial charge >= 0.3 is 0 Å². The summed E-state index contributed by atoms with van der Waals surface area (Å²) in [6, 6.07) is 18.5. The van der Waals surface area contributed by atoms with Crippen molar-refractivity contribution in [3.8, 4) is 0 Å². The average molecular weight is 237 g/mol. The van der Waals surface area contributed by atoms with Crippen molar-refractivity contribution in [3.63, 3.8) is 0 Å². The Hall–Kier alpha value is -2.09. The Labute approximate surface area is 107 Å². The van der Waals surface area contributed by atoms with Crippen molar-refractivity contribution >= 4 is 5.90 Å². The molecule has 90 valence electrons. The van der Waals surface area contributed by atoms with Crippen LogP contribution in [0, 0.1) is 6.92 Å². The summed E-state index contributed by atoms with van der Waals surface area (Å²) in [6.07, 6.45) is 0.0579. The quantitative estimate of drug-likeness (QED) is 0.783. The number of hydrogen-bond acceptors (Lipinski definition) is 2. The Morgan fingerprint density at radius 1 is 1.00 bits per heavy atom. The van der Waals surface area contributed by atoms with Crippen molar-refractivity contribution in [3.05, 3.63) is 71.3 Å². The van der Waals surface area contributed by atoms with Crippen molar-refractivity contribution in [2.24, 2.45) is 4.99 Å². The first-order valence-corrected chi connectivity index (χ1v) is 6.16. The highest BCUT2D eigenvalue weighted by atomic mass is 16.5. The second kappa shape index (κ2) is 4.65. The molecule has 1 aliphatic heterocycles. The van der Waals surface area contributed by atoms with E-state index in [9.17, 15) is 0 Å². The molecule has 0 saturated carbocycles. The van der Waals surface area contributed by atoms with Gasteiger partial charge in [0.2, 0.25) is 5.90 Å². The van der Waals surface area contributed by atoms with Crippen LogP contribution in [0.2, 0.25) is 0 Å². The van der Waals surface area contributed by atoms with Gasteiger partial charge < -0.3 is 4.74 Å². The second-order valence-electron chi connectivity index (χ2n) is 4.53. The third kappa shape index (κ3) is 2.14. The van der Waals surface area contributed by atoms with Crippen LogP contribution in [0.1, 0.15) is 22.8 Å². The summed E-state index contributed by atoms with van der Waals surface area (Å²) in [6.45, 7) is 2.78. The standard InChI is InChI=1S/C16H15NO/c1-12-7-9-14(10-8-12)16-17-11-15(18-16)13-5-3-2-4-6-13/h2-10,15H,11H2,1H3. The van der Waals surface area contributed by atoms with E-state index in [0.717, 1.165) is 11.5 Å². The van der Waals surface area contributed by atoms with Crippen LogP contribution in [-0.4, -0.2) is 12.4 Å². The summed E-state index contributed by atoms with van der Waals surface area (Å²) in [5.74, 6) is 0.754. The van der Waals surface area contributed by atoms with E-state index in [1.807, 2.05) is 18.2 Å². The molecular weight excluding hydrogens is 222 g/mol. The Morgan fingerprint density at radius 3 is 2.44 bits per heavy atom. The monoisotopic (exact) mass is 237 g/mol. The zero-order valence-electron chi connectivity index (χ0n) is 10.3. The van der Waals surface area contributed by atoms with Gasteiger partial charge in [-0.05, 0) is 24.6 Å². The van der Waals surface area contributed by atoms with Crippen LogP contribution in [0.15, 0.2) is 59.6 Å². The number of ether oxygens (including phenoxy) is 1. The molecule has 2 nitrogen and oxygen atoms in total. The van der Waals surface area contributed by atoms with Gasteiger partial charge in [0.1, 0.15) is 6.10 Å². The SMILES string of the molecule is Cc1ccc(C2=NCC(c3ccccc3)O2)cc1. The smallest absolute Gasteiger partial charge is 0.216 e. The van der Waals surface area contributed by atoms with Gasteiger partial charge in [-0.3, -0.25) is 0 Å². The van der Waals surface area contributed by atoms with Crippen LogP contribution in [0.5, 0.6) is 0 Å². The summed E-state index contributed by atoms with van der Waals surface area (Å²) in [5, 5.41) is 0. The number of benzene rings is 2. The van der Waals surface area contributed by atoms with E-state index in [2.05, 4.69) is 48.3 Å². The van der Waals surface area contributed by atoms with Gasteiger partial charge in [0.15, 0.2) is 0 Å². The lowest BCUT2D eigenvalue weighted by Gasteiger charge is -2.11. The van der Waals surface area contributed by atoms with Crippen LogP contribution in [0.4, 0.5) is 0 Å². The van der Waals surface area contributed by atoms with E-state index in [0.29, 0.717) is 6.54 Å². The molecule has 3 rings (SSSR count). The van der Waals surface area contributed by atoms with E-state index >= 15 is 0 Å². The molecule has 1 heterocycles. The molecule has 0 aliphatic carbocycles. The summed E-state index contributed by atoms with van der Waals surface area (Å²) in [7, 11) is 0. The maximum Gasteiger partial charge on any atom is 0.216 e. The van der Waals surface area contributed by atoms with Gasteiger partial charge in [-0.1, -0.05) is 48.0 Å². The van der Waals surface area contributed by atoms with Gasteiger partial charge in [0.25, 0.3) is 0 Å². The minimum atomic E-state index is 0.0579. The molecule has 1 aliphatic rings. The Bertz CT molecular complexity index is 557. The summed E-state index contributed by atoms with van der Waals surface area (Å²) >= 11 is 0. The highest BCUT2D eigenvalue weighted by Crippen LogP contribution is 2.25. The number of aryl methyl sites for hydroxylation is 1. The molecule has 0 amide bonds. The van der Waals surface area contributed by atoms with E-state index in [-0.39, 0.29) is 6.10 Å². The van der Waals surface area contributed by atoms with Crippen molar-refractivity contribution in [1.82, 2.24) is 0 Å². The van der Waals surface area contributed by atoms with Crippen LogP contribution in [0.25, 0.3) is 0 Å². The lowest BCUT2D eigenvalue weighted by molar-refractivity contribution is 0.230. The van der Waals surface area contributed by atoms with Crippen LogP contribution >= 0.6 is 0 Å². The van der Waals surface area contributed by atoms with E-state index in [1.54, 1.807) is 0 Å². The minimum absolute atomic E-state index is 0.0579. The maximum atomic E-state index is 5.92. The highest BCUT2D eigenvalue weighted by Gasteiger charge is 2.22. The second-order valence-corrected chi connectivity index (χ2v) is 4.53. The van der Waals surface area contributed by atoms with Crippen molar-refractivity contribution in [2.45, 2.75) is 13.0 Å². The maximum absolute atomic E-state index is 5.92.